The Hall–Kier alpha value is -3.38. The van der Waals surface area contributed by atoms with Gasteiger partial charge >= 0.3 is 0 Å². The van der Waals surface area contributed by atoms with Gasteiger partial charge in [0.05, 0.1) is 22.1 Å². The fourth-order valence-electron chi connectivity index (χ4n) is 5.31. The number of nitrogens with zero attached hydrogens (tertiary/aromatic N) is 1. The fourth-order valence-corrected chi connectivity index (χ4v) is 7.00. The lowest BCUT2D eigenvalue weighted by molar-refractivity contribution is -0.115. The smallest absolute Gasteiger partial charge is 0.256 e. The van der Waals surface area contributed by atoms with Crippen molar-refractivity contribution in [2.45, 2.75) is 52.0 Å². The van der Waals surface area contributed by atoms with Gasteiger partial charge in [-0.2, -0.15) is 0 Å². The summed E-state index contributed by atoms with van der Waals surface area (Å²) in [5, 5.41) is 4.48. The van der Waals surface area contributed by atoms with E-state index in [4.69, 9.17) is 0 Å². The van der Waals surface area contributed by atoms with Crippen molar-refractivity contribution in [2.75, 3.05) is 31.9 Å². The lowest BCUT2D eigenvalue weighted by Gasteiger charge is -2.21. The van der Waals surface area contributed by atoms with E-state index in [1.54, 1.807) is 26.0 Å². The lowest BCUT2D eigenvalue weighted by atomic mass is 9.98. The van der Waals surface area contributed by atoms with Crippen LogP contribution >= 0.6 is 0 Å². The third-order valence-corrected chi connectivity index (χ3v) is 9.74. The zero-order valence-electron chi connectivity index (χ0n) is 23.5. The lowest BCUT2D eigenvalue weighted by Crippen LogP contribution is -2.35. The maximum Gasteiger partial charge on any atom is 0.256 e. The number of carbonyl (C=O) groups excluding carboxylic acids is 2. The van der Waals surface area contributed by atoms with Crippen LogP contribution in [0.4, 0.5) is 13.2 Å². The summed E-state index contributed by atoms with van der Waals surface area (Å²) in [5.74, 6) is -4.40. The summed E-state index contributed by atoms with van der Waals surface area (Å²) in [4.78, 5) is 31.2. The van der Waals surface area contributed by atoms with Gasteiger partial charge in [0.2, 0.25) is 0 Å². The molecule has 1 saturated heterocycles. The number of alkyl halides is 1. The molecule has 1 fully saturated rings. The van der Waals surface area contributed by atoms with E-state index in [-0.39, 0.29) is 17.9 Å². The topological polar surface area (TPSA) is 111 Å². The monoisotopic (exact) mass is 592 g/mol. The molecule has 2 heterocycles. The van der Waals surface area contributed by atoms with Gasteiger partial charge in [-0.3, -0.25) is 9.59 Å². The molecule has 1 aliphatic heterocycles. The molecule has 0 saturated carbocycles. The number of carbonyl (C=O) groups is 2. The number of aryl methyl sites for hydroxylation is 1. The van der Waals surface area contributed by atoms with E-state index in [1.807, 2.05) is 0 Å². The summed E-state index contributed by atoms with van der Waals surface area (Å²) in [5.41, 5.74) is 2.47. The minimum Gasteiger partial charge on any atom is -0.358 e. The predicted molar refractivity (Wildman–Crippen MR) is 152 cm³/mol. The van der Waals surface area contributed by atoms with Crippen molar-refractivity contribution in [1.82, 2.24) is 20.5 Å². The molecule has 2 amide bonds. The molecule has 1 aromatic rings. The molecule has 2 aliphatic carbocycles. The number of allylic oxidation sites excluding steroid dienone is 5. The molecule has 41 heavy (non-hydrogen) atoms. The fraction of sp³-hybridized carbons (Fsp3) is 0.448. The van der Waals surface area contributed by atoms with E-state index in [0.717, 1.165) is 19.2 Å². The predicted octanol–water partition coefficient (Wildman–Crippen LogP) is 4.03. The van der Waals surface area contributed by atoms with Crippen LogP contribution in [0.5, 0.6) is 0 Å². The van der Waals surface area contributed by atoms with E-state index in [2.05, 4.69) is 34.4 Å². The second-order valence-corrected chi connectivity index (χ2v) is 12.6. The molecule has 0 bridgehead atoms. The standard InChI is InChI=1S/C29H35F3N4O4S/c1-5-36(6-2)12-11-33-29(38)26-16(3)25(34-17(26)4)14-20-19-13-18(7-10-24(19)35-28(20)37)41(39,40)15-21-22(30)8-9-23(31)27(21)32/h9-10,13-14,18,22,34H,5-8,11-12,15H2,1-4H3,(H,33,38)(H,35,37). The maximum absolute atomic E-state index is 14.3. The Morgan fingerprint density at radius 2 is 1.88 bits per heavy atom. The average molecular weight is 593 g/mol. The highest BCUT2D eigenvalue weighted by Gasteiger charge is 2.37. The average Bonchev–Trinajstić information content (AvgIpc) is 3.40. The van der Waals surface area contributed by atoms with E-state index >= 15 is 0 Å². The van der Waals surface area contributed by atoms with Crippen LogP contribution in [0.15, 0.2) is 52.3 Å². The van der Waals surface area contributed by atoms with Gasteiger partial charge in [-0.1, -0.05) is 26.0 Å². The Bertz CT molecular complexity index is 1510. The van der Waals surface area contributed by atoms with E-state index in [1.165, 1.54) is 6.08 Å². The van der Waals surface area contributed by atoms with Gasteiger partial charge in [-0.25, -0.2) is 21.6 Å². The van der Waals surface area contributed by atoms with Gasteiger partial charge in [0.25, 0.3) is 11.8 Å². The number of H-pyrrole nitrogens is 1. The first-order valence-electron chi connectivity index (χ1n) is 13.6. The SMILES string of the molecule is CCN(CC)CCNC(=O)c1c(C)[nH]c(C=C2C(=O)NC3=CCC(S(=O)(=O)CC4=C(F)C(F)=CCC4F)C=C32)c1C. The number of nitrogens with one attached hydrogen (secondary N) is 3. The summed E-state index contributed by atoms with van der Waals surface area (Å²) in [6.45, 7) is 10.6. The molecule has 3 N–H and O–H groups in total. The molecule has 2 atom stereocenters. The van der Waals surface area contributed by atoms with E-state index in [0.29, 0.717) is 46.9 Å². The van der Waals surface area contributed by atoms with Gasteiger partial charge in [-0.05, 0) is 51.1 Å². The number of halogens is 3. The minimum atomic E-state index is -4.15. The van der Waals surface area contributed by atoms with Gasteiger partial charge in [0, 0.05) is 47.7 Å². The molecule has 12 heteroatoms. The summed E-state index contributed by atoms with van der Waals surface area (Å²) < 4.78 is 68.6. The Morgan fingerprint density at radius 1 is 1.17 bits per heavy atom. The molecule has 0 radical (unpaired) electrons. The number of hydrogen-bond acceptors (Lipinski definition) is 5. The molecule has 1 aromatic heterocycles. The van der Waals surface area contributed by atoms with Crippen LogP contribution < -0.4 is 10.6 Å². The van der Waals surface area contributed by atoms with E-state index in [9.17, 15) is 31.2 Å². The molecule has 4 rings (SSSR count). The first-order valence-corrected chi connectivity index (χ1v) is 15.3. The van der Waals surface area contributed by atoms with Crippen molar-refractivity contribution >= 4 is 27.7 Å². The summed E-state index contributed by atoms with van der Waals surface area (Å²) in [6, 6.07) is 0. The molecule has 222 valence electrons. The molecule has 8 nitrogen and oxygen atoms in total. The third-order valence-electron chi connectivity index (χ3n) is 7.77. The van der Waals surface area contributed by atoms with Crippen molar-refractivity contribution in [3.05, 3.63) is 74.8 Å². The quantitative estimate of drug-likeness (QED) is 0.356. The largest absolute Gasteiger partial charge is 0.358 e. The van der Waals surface area contributed by atoms with Crippen LogP contribution in [0.2, 0.25) is 0 Å². The molecular formula is C29H35F3N4O4S. The summed E-state index contributed by atoms with van der Waals surface area (Å²) >= 11 is 0. The molecular weight excluding hydrogens is 557 g/mol. The normalized spacial score (nSPS) is 22.0. The number of sulfone groups is 1. The number of fused-ring (bicyclic) bond motifs is 1. The molecule has 2 unspecified atom stereocenters. The maximum atomic E-state index is 14.3. The number of rotatable bonds is 10. The van der Waals surface area contributed by atoms with Crippen LogP contribution in [0.3, 0.4) is 0 Å². The highest BCUT2D eigenvalue weighted by atomic mass is 32.2. The summed E-state index contributed by atoms with van der Waals surface area (Å²) in [7, 11) is -4.15. The number of hydrogen-bond donors (Lipinski definition) is 3. The second kappa shape index (κ2) is 12.2. The van der Waals surface area contributed by atoms with Gasteiger partial charge in [-0.15, -0.1) is 0 Å². The van der Waals surface area contributed by atoms with Crippen molar-refractivity contribution in [2.24, 2.45) is 0 Å². The highest BCUT2D eigenvalue weighted by molar-refractivity contribution is 7.92. The van der Waals surface area contributed by atoms with Crippen LogP contribution in [0.25, 0.3) is 6.08 Å². The Kier molecular flexibility index (Phi) is 9.13. The van der Waals surface area contributed by atoms with Gasteiger partial charge in [0.15, 0.2) is 21.5 Å². The van der Waals surface area contributed by atoms with Crippen molar-refractivity contribution in [3.63, 3.8) is 0 Å². The van der Waals surface area contributed by atoms with Crippen LogP contribution in [0.1, 0.15) is 54.0 Å². The van der Waals surface area contributed by atoms with E-state index < -0.39 is 56.6 Å². The first kappa shape index (κ1) is 30.6. The third kappa shape index (κ3) is 6.28. The van der Waals surface area contributed by atoms with Crippen LogP contribution in [-0.2, 0) is 14.6 Å². The minimum absolute atomic E-state index is 0.0165. The van der Waals surface area contributed by atoms with Crippen LogP contribution in [0, 0.1) is 13.8 Å². The van der Waals surface area contributed by atoms with Crippen molar-refractivity contribution in [1.29, 1.82) is 0 Å². The molecule has 0 spiro atoms. The van der Waals surface area contributed by atoms with Gasteiger partial charge in [0.1, 0.15) is 6.17 Å². The van der Waals surface area contributed by atoms with Crippen LogP contribution in [-0.4, -0.2) is 73.5 Å². The number of aromatic nitrogens is 1. The molecule has 0 aromatic carbocycles. The zero-order valence-corrected chi connectivity index (χ0v) is 24.4. The van der Waals surface area contributed by atoms with Crippen molar-refractivity contribution in [3.8, 4) is 0 Å². The molecule has 3 aliphatic rings. The Labute approximate surface area is 238 Å². The highest BCUT2D eigenvalue weighted by Crippen LogP contribution is 2.36. The zero-order chi connectivity index (χ0) is 30.1. The second-order valence-electron chi connectivity index (χ2n) is 10.3. The number of likely N-dealkylation sites (N-methyl/N-ethyl adjacent to an activating group) is 1. The Balaban J connectivity index is 1.59. The van der Waals surface area contributed by atoms with Gasteiger partial charge < -0.3 is 20.5 Å². The van der Waals surface area contributed by atoms with Crippen molar-refractivity contribution < 1.29 is 31.2 Å². The number of amides is 2. The summed E-state index contributed by atoms with van der Waals surface area (Å²) in [6.07, 6.45) is 2.88. The Morgan fingerprint density at radius 3 is 2.56 bits per heavy atom. The first-order chi connectivity index (χ1) is 19.4. The number of aromatic amines is 1.